The number of morpholine rings is 1. The molecular formula is C20H18N4O4. The third-order valence-corrected chi connectivity index (χ3v) is 4.51. The van der Waals surface area contributed by atoms with Crippen LogP contribution in [0.4, 0.5) is 0 Å². The lowest BCUT2D eigenvalue weighted by atomic mass is 10.2. The molecule has 1 aromatic heterocycles. The number of amides is 1. The number of hydrogen-bond donors (Lipinski definition) is 1. The zero-order chi connectivity index (χ0) is 19.5. The van der Waals surface area contributed by atoms with Gasteiger partial charge in [-0.25, -0.2) is 14.5 Å². The van der Waals surface area contributed by atoms with Crippen LogP contribution < -0.4 is 0 Å². The van der Waals surface area contributed by atoms with Gasteiger partial charge >= 0.3 is 5.97 Å². The summed E-state index contributed by atoms with van der Waals surface area (Å²) in [5.41, 5.74) is 1.55. The molecule has 0 unspecified atom stereocenters. The molecule has 1 aliphatic heterocycles. The molecule has 1 aliphatic rings. The van der Waals surface area contributed by atoms with Crippen molar-refractivity contribution in [3.05, 3.63) is 66.5 Å². The van der Waals surface area contributed by atoms with Gasteiger partial charge in [0.15, 0.2) is 11.9 Å². The summed E-state index contributed by atoms with van der Waals surface area (Å²) in [6.07, 6.45) is 0. The van der Waals surface area contributed by atoms with E-state index in [1.165, 1.54) is 4.90 Å². The molecule has 2 aromatic carbocycles. The Hall–Kier alpha value is -3.52. The van der Waals surface area contributed by atoms with Crippen molar-refractivity contribution in [2.75, 3.05) is 19.8 Å². The second kappa shape index (κ2) is 7.61. The molecule has 0 bridgehead atoms. The van der Waals surface area contributed by atoms with Crippen molar-refractivity contribution in [2.24, 2.45) is 0 Å². The minimum absolute atomic E-state index is 0.0455. The Kier molecular flexibility index (Phi) is 4.86. The lowest BCUT2D eigenvalue weighted by molar-refractivity contribution is -0.147. The number of para-hydroxylation sites is 1. The summed E-state index contributed by atoms with van der Waals surface area (Å²) in [6, 6.07) is 17.7. The average molecular weight is 378 g/mol. The van der Waals surface area contributed by atoms with Crippen LogP contribution >= 0.6 is 0 Å². The first-order chi connectivity index (χ1) is 13.6. The van der Waals surface area contributed by atoms with E-state index in [2.05, 4.69) is 10.1 Å². The van der Waals surface area contributed by atoms with Crippen LogP contribution in [0.15, 0.2) is 60.7 Å². The number of aliphatic carboxylic acids is 1. The Labute approximate surface area is 161 Å². The molecular weight excluding hydrogens is 360 g/mol. The predicted molar refractivity (Wildman–Crippen MR) is 100 cm³/mol. The normalized spacial score (nSPS) is 16.7. The van der Waals surface area contributed by atoms with Gasteiger partial charge in [-0.2, -0.15) is 0 Å². The largest absolute Gasteiger partial charge is 0.480 e. The molecule has 1 amide bonds. The van der Waals surface area contributed by atoms with Gasteiger partial charge in [-0.15, -0.1) is 5.10 Å². The first kappa shape index (κ1) is 17.9. The second-order valence-electron chi connectivity index (χ2n) is 6.30. The molecule has 0 radical (unpaired) electrons. The van der Waals surface area contributed by atoms with Crippen LogP contribution in [0.2, 0.25) is 0 Å². The Bertz CT molecular complexity index is 931. The Morgan fingerprint density at radius 2 is 1.71 bits per heavy atom. The first-order valence-corrected chi connectivity index (χ1v) is 8.84. The van der Waals surface area contributed by atoms with E-state index in [9.17, 15) is 14.7 Å². The molecule has 0 spiro atoms. The highest BCUT2D eigenvalue weighted by atomic mass is 16.5. The Morgan fingerprint density at radius 3 is 2.39 bits per heavy atom. The van der Waals surface area contributed by atoms with Crippen molar-refractivity contribution < 1.29 is 19.4 Å². The zero-order valence-corrected chi connectivity index (χ0v) is 14.9. The van der Waals surface area contributed by atoms with E-state index >= 15 is 0 Å². The van der Waals surface area contributed by atoms with Gasteiger partial charge in [0, 0.05) is 12.1 Å². The number of hydrogen-bond acceptors (Lipinski definition) is 5. The molecule has 1 fully saturated rings. The van der Waals surface area contributed by atoms with Crippen molar-refractivity contribution >= 4 is 11.9 Å². The predicted octanol–water partition coefficient (Wildman–Crippen LogP) is 1.86. The van der Waals surface area contributed by atoms with E-state index in [4.69, 9.17) is 4.74 Å². The van der Waals surface area contributed by atoms with Crippen molar-refractivity contribution in [3.63, 3.8) is 0 Å². The summed E-state index contributed by atoms with van der Waals surface area (Å²) in [4.78, 5) is 30.2. The van der Waals surface area contributed by atoms with Gasteiger partial charge in [-0.3, -0.25) is 4.79 Å². The van der Waals surface area contributed by atoms with Crippen LogP contribution in [0.1, 0.15) is 10.6 Å². The highest BCUT2D eigenvalue weighted by Crippen LogP contribution is 2.22. The summed E-state index contributed by atoms with van der Waals surface area (Å²) < 4.78 is 6.80. The van der Waals surface area contributed by atoms with E-state index in [1.54, 1.807) is 4.68 Å². The van der Waals surface area contributed by atoms with Gasteiger partial charge < -0.3 is 14.7 Å². The fraction of sp³-hybridized carbons (Fsp3) is 0.200. The topological polar surface area (TPSA) is 97.5 Å². The number of rotatable bonds is 4. The maximum Gasteiger partial charge on any atom is 0.328 e. The van der Waals surface area contributed by atoms with Gasteiger partial charge in [0.2, 0.25) is 5.82 Å². The molecule has 28 heavy (non-hydrogen) atoms. The zero-order valence-electron chi connectivity index (χ0n) is 14.9. The summed E-state index contributed by atoms with van der Waals surface area (Å²) in [5.74, 6) is -1.17. The molecule has 1 N–H and O–H groups in total. The highest BCUT2D eigenvalue weighted by molar-refractivity contribution is 5.94. The minimum atomic E-state index is -1.11. The molecule has 8 nitrogen and oxygen atoms in total. The number of benzene rings is 2. The van der Waals surface area contributed by atoms with Gasteiger partial charge in [-0.1, -0.05) is 48.5 Å². The maximum atomic E-state index is 13.0. The van der Waals surface area contributed by atoms with Crippen molar-refractivity contribution in [3.8, 4) is 17.1 Å². The van der Waals surface area contributed by atoms with Crippen LogP contribution in [-0.2, 0) is 9.53 Å². The molecule has 4 rings (SSSR count). The van der Waals surface area contributed by atoms with Crippen LogP contribution in [0.5, 0.6) is 0 Å². The highest BCUT2D eigenvalue weighted by Gasteiger charge is 2.35. The number of carbonyl (C=O) groups is 2. The summed E-state index contributed by atoms with van der Waals surface area (Å²) >= 11 is 0. The average Bonchev–Trinajstić information content (AvgIpc) is 3.20. The SMILES string of the molecule is O=C(O)[C@@H]1COCCN1C(=O)c1nc(-c2ccccc2)n(-c2ccccc2)n1. The molecule has 1 atom stereocenters. The second-order valence-corrected chi connectivity index (χ2v) is 6.30. The number of carboxylic acid groups (broad SMARTS) is 1. The van der Waals surface area contributed by atoms with Crippen molar-refractivity contribution in [2.45, 2.75) is 6.04 Å². The van der Waals surface area contributed by atoms with Crippen molar-refractivity contribution in [1.82, 2.24) is 19.7 Å². The number of nitrogens with zero attached hydrogens (tertiary/aromatic N) is 4. The van der Waals surface area contributed by atoms with Crippen LogP contribution in [0.25, 0.3) is 17.1 Å². The van der Waals surface area contributed by atoms with E-state index < -0.39 is 17.9 Å². The standard InChI is InChI=1S/C20H18N4O4/c25-19(23-11-12-28-13-16(23)20(26)27)17-21-18(14-7-3-1-4-8-14)24(22-17)15-9-5-2-6-10-15/h1-10,16H,11-13H2,(H,26,27)/t16-/m0/s1. The molecule has 142 valence electrons. The lowest BCUT2D eigenvalue weighted by Crippen LogP contribution is -2.52. The van der Waals surface area contributed by atoms with Gasteiger partial charge in [-0.05, 0) is 12.1 Å². The molecule has 0 aliphatic carbocycles. The van der Waals surface area contributed by atoms with Gasteiger partial charge in [0.1, 0.15) is 0 Å². The quantitative estimate of drug-likeness (QED) is 0.744. The van der Waals surface area contributed by atoms with E-state index in [-0.39, 0.29) is 25.6 Å². The third-order valence-electron chi connectivity index (χ3n) is 4.51. The number of carbonyl (C=O) groups excluding carboxylic acids is 1. The fourth-order valence-electron chi connectivity index (χ4n) is 3.11. The van der Waals surface area contributed by atoms with Crippen LogP contribution in [0.3, 0.4) is 0 Å². The van der Waals surface area contributed by atoms with Crippen molar-refractivity contribution in [1.29, 1.82) is 0 Å². The van der Waals surface area contributed by atoms with E-state index in [0.29, 0.717) is 5.82 Å². The fourth-order valence-corrected chi connectivity index (χ4v) is 3.11. The van der Waals surface area contributed by atoms with Crippen LogP contribution in [0, 0.1) is 0 Å². The van der Waals surface area contributed by atoms with E-state index in [0.717, 1.165) is 11.3 Å². The molecule has 1 saturated heterocycles. The first-order valence-electron chi connectivity index (χ1n) is 8.84. The number of carboxylic acids is 1. The Morgan fingerprint density at radius 1 is 1.04 bits per heavy atom. The van der Waals surface area contributed by atoms with Gasteiger partial charge in [0.05, 0.1) is 18.9 Å². The lowest BCUT2D eigenvalue weighted by Gasteiger charge is -2.31. The van der Waals surface area contributed by atoms with E-state index in [1.807, 2.05) is 60.7 Å². The smallest absolute Gasteiger partial charge is 0.328 e. The molecule has 8 heteroatoms. The maximum absolute atomic E-state index is 13.0. The Balaban J connectivity index is 1.77. The summed E-state index contributed by atoms with van der Waals surface area (Å²) in [6.45, 7) is 0.406. The number of ether oxygens (including phenoxy) is 1. The summed E-state index contributed by atoms with van der Waals surface area (Å²) in [5, 5.41) is 13.8. The third kappa shape index (κ3) is 3.37. The summed E-state index contributed by atoms with van der Waals surface area (Å²) in [7, 11) is 0. The molecule has 3 aromatic rings. The van der Waals surface area contributed by atoms with Gasteiger partial charge in [0.25, 0.3) is 5.91 Å². The number of aromatic nitrogens is 3. The molecule has 0 saturated carbocycles. The monoisotopic (exact) mass is 378 g/mol. The minimum Gasteiger partial charge on any atom is -0.480 e. The molecule has 2 heterocycles. The van der Waals surface area contributed by atoms with Crippen LogP contribution in [-0.4, -0.2) is 62.4 Å².